The molecule has 2 unspecified atom stereocenters. The Kier molecular flexibility index (Phi) is 6.06. The molecule has 3 heterocycles. The molecule has 2 atom stereocenters. The van der Waals surface area contributed by atoms with Crippen LogP contribution in [0.2, 0.25) is 5.02 Å². The second-order valence-corrected chi connectivity index (χ2v) is 11.8. The van der Waals surface area contributed by atoms with Crippen LogP contribution in [-0.2, 0) is 0 Å². The molecule has 4 aromatic rings. The van der Waals surface area contributed by atoms with E-state index >= 15 is 4.39 Å². The van der Waals surface area contributed by atoms with Crippen molar-refractivity contribution in [2.75, 3.05) is 24.6 Å². The first-order chi connectivity index (χ1) is 18.8. The molecular formula is C30H28ClF3N4O. The topological polar surface area (TPSA) is 51.1 Å². The van der Waals surface area contributed by atoms with E-state index in [9.17, 15) is 8.78 Å². The Morgan fingerprint density at radius 3 is 2.51 bits per heavy atom. The second-order valence-electron chi connectivity index (χ2n) is 11.4. The van der Waals surface area contributed by atoms with E-state index in [1.165, 1.54) is 19.3 Å². The molecule has 0 radical (unpaired) electrons. The van der Waals surface area contributed by atoms with Crippen LogP contribution in [0.25, 0.3) is 32.9 Å². The van der Waals surface area contributed by atoms with E-state index in [-0.39, 0.29) is 42.6 Å². The summed E-state index contributed by atoms with van der Waals surface area (Å²) >= 11 is 6.54. The number of benzene rings is 2. The minimum atomic E-state index is -2.57. The van der Waals surface area contributed by atoms with Gasteiger partial charge in [-0.15, -0.1) is 0 Å². The molecule has 0 spiro atoms. The molecule has 1 saturated heterocycles. The van der Waals surface area contributed by atoms with Crippen LogP contribution in [0.1, 0.15) is 38.5 Å². The lowest BCUT2D eigenvalue weighted by Gasteiger charge is -2.34. The largest absolute Gasteiger partial charge is 0.463 e. The number of anilines is 1. The van der Waals surface area contributed by atoms with E-state index < -0.39 is 11.7 Å². The molecule has 3 aliphatic rings. The number of hydrogen-bond donors (Lipinski definition) is 0. The average molecular weight is 553 g/mol. The SMILES string of the molecule is Fc1c(-c2cccc3cccc(Cl)c23)ncc2c(N3CC4CCC(C4)C3)nc(OCCC3CC(F)(F)C3)nc12. The van der Waals surface area contributed by atoms with Crippen molar-refractivity contribution in [1.29, 1.82) is 0 Å². The second kappa shape index (κ2) is 9.51. The van der Waals surface area contributed by atoms with E-state index in [0.29, 0.717) is 40.0 Å². The smallest absolute Gasteiger partial charge is 0.319 e. The molecule has 1 aliphatic heterocycles. The summed E-state index contributed by atoms with van der Waals surface area (Å²) in [4.78, 5) is 16.0. The van der Waals surface area contributed by atoms with E-state index in [4.69, 9.17) is 21.3 Å². The molecule has 0 N–H and O–H groups in total. The summed E-state index contributed by atoms with van der Waals surface area (Å²) in [7, 11) is 0. The lowest BCUT2D eigenvalue weighted by atomic mass is 9.79. The fourth-order valence-corrected chi connectivity index (χ4v) is 6.98. The molecule has 9 heteroatoms. The summed E-state index contributed by atoms with van der Waals surface area (Å²) < 4.78 is 48.7. The first kappa shape index (κ1) is 24.9. The molecule has 2 aliphatic carbocycles. The third kappa shape index (κ3) is 4.56. The van der Waals surface area contributed by atoms with E-state index in [1.54, 1.807) is 12.3 Å². The average Bonchev–Trinajstić information content (AvgIpc) is 3.24. The van der Waals surface area contributed by atoms with E-state index in [0.717, 1.165) is 23.9 Å². The van der Waals surface area contributed by atoms with Crippen molar-refractivity contribution in [2.24, 2.45) is 17.8 Å². The standard InChI is InChI=1S/C30H28ClF3N4O/c31-23-6-2-4-20-3-1-5-21(24(20)23)26-25(32)27-22(14-35-26)28(38-15-17-7-8-18(11-17)16-38)37-29(36-27)39-10-9-19-12-30(33,34)13-19/h1-6,14,17-19H,7-13,15-16H2. The highest BCUT2D eigenvalue weighted by atomic mass is 35.5. The Morgan fingerprint density at radius 1 is 1.03 bits per heavy atom. The van der Waals surface area contributed by atoms with Crippen molar-refractivity contribution in [3.8, 4) is 17.3 Å². The number of nitrogens with zero attached hydrogens (tertiary/aromatic N) is 4. The normalized spacial score (nSPS) is 22.4. The van der Waals surface area contributed by atoms with Crippen molar-refractivity contribution >= 4 is 39.1 Å². The summed E-state index contributed by atoms with van der Waals surface area (Å²) in [6.07, 6.45) is 5.50. The predicted octanol–water partition coefficient (Wildman–Crippen LogP) is 7.69. The number of ether oxygens (including phenoxy) is 1. The molecule has 2 aromatic heterocycles. The summed E-state index contributed by atoms with van der Waals surface area (Å²) in [5, 5.41) is 2.67. The number of hydrogen-bond acceptors (Lipinski definition) is 5. The highest BCUT2D eigenvalue weighted by molar-refractivity contribution is 6.36. The van der Waals surface area contributed by atoms with Crippen molar-refractivity contribution in [3.63, 3.8) is 0 Å². The van der Waals surface area contributed by atoms with Gasteiger partial charge in [0.2, 0.25) is 5.92 Å². The summed E-state index contributed by atoms with van der Waals surface area (Å²) in [5.74, 6) is -1.41. The highest BCUT2D eigenvalue weighted by Crippen LogP contribution is 2.44. The van der Waals surface area contributed by atoms with Crippen LogP contribution < -0.4 is 9.64 Å². The number of fused-ring (bicyclic) bond motifs is 4. The van der Waals surface area contributed by atoms with Crippen LogP contribution in [0.5, 0.6) is 6.01 Å². The Hall–Kier alpha value is -3.13. The van der Waals surface area contributed by atoms with Gasteiger partial charge in [-0.25, -0.2) is 13.2 Å². The first-order valence-electron chi connectivity index (χ1n) is 13.6. The van der Waals surface area contributed by atoms with Gasteiger partial charge in [-0.3, -0.25) is 4.98 Å². The third-order valence-corrected chi connectivity index (χ3v) is 8.91. The van der Waals surface area contributed by atoms with Crippen molar-refractivity contribution in [2.45, 2.75) is 44.4 Å². The van der Waals surface area contributed by atoms with Gasteiger partial charge >= 0.3 is 6.01 Å². The van der Waals surface area contributed by atoms with Gasteiger partial charge in [0.05, 0.1) is 12.0 Å². The van der Waals surface area contributed by atoms with Gasteiger partial charge in [-0.2, -0.15) is 9.97 Å². The molecule has 0 amide bonds. The van der Waals surface area contributed by atoms with Gasteiger partial charge in [0.25, 0.3) is 0 Å². The number of piperidine rings is 1. The van der Waals surface area contributed by atoms with Gasteiger partial charge in [-0.1, -0.05) is 41.9 Å². The van der Waals surface area contributed by atoms with Gasteiger partial charge in [0.15, 0.2) is 5.82 Å². The maximum absolute atomic E-state index is 16.4. The lowest BCUT2D eigenvalue weighted by molar-refractivity contribution is -0.113. The van der Waals surface area contributed by atoms with E-state index in [2.05, 4.69) is 14.9 Å². The molecular weight excluding hydrogens is 525 g/mol. The minimum Gasteiger partial charge on any atom is -0.463 e. The summed E-state index contributed by atoms with van der Waals surface area (Å²) in [6.45, 7) is 1.90. The van der Waals surface area contributed by atoms with Crippen LogP contribution in [0, 0.1) is 23.6 Å². The number of rotatable bonds is 6. The Bertz CT molecular complexity index is 1560. The van der Waals surface area contributed by atoms with Crippen LogP contribution in [-0.4, -0.2) is 40.6 Å². The molecule has 202 valence electrons. The number of halogens is 4. The van der Waals surface area contributed by atoms with Gasteiger partial charge in [0, 0.05) is 48.1 Å². The molecule has 2 aromatic carbocycles. The van der Waals surface area contributed by atoms with Gasteiger partial charge in [0.1, 0.15) is 17.0 Å². The fraction of sp³-hybridized carbons (Fsp3) is 0.433. The van der Waals surface area contributed by atoms with Crippen LogP contribution in [0.4, 0.5) is 19.0 Å². The molecule has 2 saturated carbocycles. The maximum atomic E-state index is 16.4. The molecule has 39 heavy (non-hydrogen) atoms. The quantitative estimate of drug-likeness (QED) is 0.245. The molecule has 2 bridgehead atoms. The third-order valence-electron chi connectivity index (χ3n) is 8.59. The highest BCUT2D eigenvalue weighted by Gasteiger charge is 2.44. The van der Waals surface area contributed by atoms with Crippen molar-refractivity contribution < 1.29 is 17.9 Å². The fourth-order valence-electron chi connectivity index (χ4n) is 6.69. The van der Waals surface area contributed by atoms with Crippen LogP contribution in [0.3, 0.4) is 0 Å². The van der Waals surface area contributed by atoms with Crippen LogP contribution in [0.15, 0.2) is 42.6 Å². The van der Waals surface area contributed by atoms with Crippen LogP contribution >= 0.6 is 11.6 Å². The lowest BCUT2D eigenvalue weighted by Crippen LogP contribution is -2.37. The predicted molar refractivity (Wildman–Crippen MR) is 146 cm³/mol. The molecule has 7 rings (SSSR count). The van der Waals surface area contributed by atoms with Crippen molar-refractivity contribution in [3.05, 3.63) is 53.4 Å². The number of alkyl halides is 2. The first-order valence-corrected chi connectivity index (χ1v) is 14.0. The number of aromatic nitrogens is 3. The minimum absolute atomic E-state index is 0.0634. The maximum Gasteiger partial charge on any atom is 0.319 e. The zero-order chi connectivity index (χ0) is 26.7. The summed E-state index contributed by atoms with van der Waals surface area (Å²) in [6, 6.07) is 11.2. The Morgan fingerprint density at radius 2 is 1.77 bits per heavy atom. The zero-order valence-electron chi connectivity index (χ0n) is 21.3. The monoisotopic (exact) mass is 552 g/mol. The Labute approximate surface area is 229 Å². The summed E-state index contributed by atoms with van der Waals surface area (Å²) in [5.41, 5.74) is 0.881. The van der Waals surface area contributed by atoms with E-state index in [1.807, 2.05) is 30.3 Å². The van der Waals surface area contributed by atoms with Crippen molar-refractivity contribution in [1.82, 2.24) is 15.0 Å². The molecule has 3 fully saturated rings. The zero-order valence-corrected chi connectivity index (χ0v) is 22.1. The Balaban J connectivity index is 1.30. The van der Waals surface area contributed by atoms with Gasteiger partial charge < -0.3 is 9.64 Å². The number of pyridine rings is 1. The van der Waals surface area contributed by atoms with Gasteiger partial charge in [-0.05, 0) is 54.9 Å². The molecule has 5 nitrogen and oxygen atoms in total.